The fourth-order valence-electron chi connectivity index (χ4n) is 3.60. The number of aromatic hydroxyl groups is 1. The van der Waals surface area contributed by atoms with Gasteiger partial charge in [0, 0.05) is 31.1 Å². The van der Waals surface area contributed by atoms with Crippen LogP contribution in [0.5, 0.6) is 5.75 Å². The lowest BCUT2D eigenvalue weighted by Crippen LogP contribution is -2.41. The number of morpholine rings is 1. The summed E-state index contributed by atoms with van der Waals surface area (Å²) >= 11 is 0. The van der Waals surface area contributed by atoms with Crippen molar-refractivity contribution in [1.29, 1.82) is 0 Å². The summed E-state index contributed by atoms with van der Waals surface area (Å²) in [5, 5.41) is 10.4. The topological polar surface area (TPSA) is 93.1 Å². The van der Waals surface area contributed by atoms with E-state index in [1.54, 1.807) is 17.9 Å². The van der Waals surface area contributed by atoms with Gasteiger partial charge in [-0.1, -0.05) is 30.3 Å². The highest BCUT2D eigenvalue weighted by Gasteiger charge is 2.30. The van der Waals surface area contributed by atoms with Crippen molar-refractivity contribution in [2.24, 2.45) is 0 Å². The molecule has 1 atom stereocenters. The predicted molar refractivity (Wildman–Crippen MR) is 109 cm³/mol. The lowest BCUT2D eigenvalue weighted by Gasteiger charge is -2.28. The monoisotopic (exact) mass is 409 g/mol. The van der Waals surface area contributed by atoms with Crippen LogP contribution in [-0.2, 0) is 9.53 Å². The van der Waals surface area contributed by atoms with Gasteiger partial charge >= 0.3 is 0 Å². The minimum absolute atomic E-state index is 0.00168. The van der Waals surface area contributed by atoms with Gasteiger partial charge in [0.1, 0.15) is 17.3 Å². The molecule has 3 heterocycles. The molecule has 0 bridgehead atoms. The fourth-order valence-corrected chi connectivity index (χ4v) is 3.60. The van der Waals surface area contributed by atoms with E-state index in [0.717, 1.165) is 5.56 Å². The first-order chi connectivity index (χ1) is 14.5. The van der Waals surface area contributed by atoms with Gasteiger partial charge in [0.15, 0.2) is 5.76 Å². The van der Waals surface area contributed by atoms with Gasteiger partial charge in [-0.2, -0.15) is 0 Å². The summed E-state index contributed by atoms with van der Waals surface area (Å²) in [6, 6.07) is 14.3. The molecule has 7 heteroatoms. The molecule has 0 radical (unpaired) electrons. The van der Waals surface area contributed by atoms with Crippen LogP contribution in [-0.4, -0.2) is 42.2 Å². The number of carbonyl (C=O) groups excluding carboxylic acids is 1. The third-order valence-electron chi connectivity index (χ3n) is 5.16. The zero-order valence-electron chi connectivity index (χ0n) is 16.7. The van der Waals surface area contributed by atoms with Crippen molar-refractivity contribution in [3.05, 3.63) is 76.0 Å². The summed E-state index contributed by atoms with van der Waals surface area (Å²) < 4.78 is 17.1. The van der Waals surface area contributed by atoms with Gasteiger partial charge in [-0.05, 0) is 19.1 Å². The minimum atomic E-state index is -0.731. The van der Waals surface area contributed by atoms with Crippen LogP contribution in [0.4, 0.5) is 0 Å². The Kier molecular flexibility index (Phi) is 5.72. The molecule has 156 valence electrons. The first-order valence-corrected chi connectivity index (χ1v) is 9.87. The lowest BCUT2D eigenvalue weighted by atomic mass is 9.97. The Morgan fingerprint density at radius 2 is 1.83 bits per heavy atom. The van der Waals surface area contributed by atoms with Crippen LogP contribution in [0, 0.1) is 6.92 Å². The van der Waals surface area contributed by atoms with Crippen molar-refractivity contribution in [3.8, 4) is 17.1 Å². The smallest absolute Gasteiger partial charge is 0.227 e. The van der Waals surface area contributed by atoms with Crippen LogP contribution in [0.1, 0.15) is 29.6 Å². The van der Waals surface area contributed by atoms with E-state index in [4.69, 9.17) is 13.6 Å². The SMILES string of the molecule is Cc1cc(=O)c(O)c([C@@H](CC(=O)N2CCOCC2)c2ccc(-c3ccccc3)o2)o1. The Balaban J connectivity index is 1.72. The van der Waals surface area contributed by atoms with Crippen molar-refractivity contribution in [2.75, 3.05) is 26.3 Å². The van der Waals surface area contributed by atoms with Crippen LogP contribution < -0.4 is 5.43 Å². The van der Waals surface area contributed by atoms with Gasteiger partial charge in [0.2, 0.25) is 17.1 Å². The van der Waals surface area contributed by atoms with Gasteiger partial charge in [-0.3, -0.25) is 9.59 Å². The normalized spacial score (nSPS) is 15.2. The fraction of sp³-hybridized carbons (Fsp3) is 0.304. The first kappa shape index (κ1) is 20.0. The maximum atomic E-state index is 12.9. The molecule has 1 aliphatic heterocycles. The number of carbonyl (C=O) groups is 1. The molecule has 1 N–H and O–H groups in total. The molecular weight excluding hydrogens is 386 g/mol. The molecule has 0 unspecified atom stereocenters. The van der Waals surface area contributed by atoms with Crippen molar-refractivity contribution in [1.82, 2.24) is 4.90 Å². The molecular formula is C23H23NO6. The van der Waals surface area contributed by atoms with E-state index >= 15 is 0 Å². The number of hydrogen-bond donors (Lipinski definition) is 1. The Labute approximate surface area is 173 Å². The second-order valence-electron chi connectivity index (χ2n) is 7.25. The molecule has 30 heavy (non-hydrogen) atoms. The maximum absolute atomic E-state index is 12.9. The second kappa shape index (κ2) is 8.59. The van der Waals surface area contributed by atoms with E-state index in [0.29, 0.717) is 43.6 Å². The Bertz CT molecular complexity index is 1080. The number of aryl methyl sites for hydroxylation is 1. The molecule has 1 aromatic carbocycles. The van der Waals surface area contributed by atoms with Crippen LogP contribution in [0.15, 0.2) is 62.2 Å². The maximum Gasteiger partial charge on any atom is 0.227 e. The molecule has 0 aliphatic carbocycles. The Hall–Kier alpha value is -3.32. The summed E-state index contributed by atoms with van der Waals surface area (Å²) in [5.41, 5.74) is 0.337. The van der Waals surface area contributed by atoms with Crippen molar-refractivity contribution in [2.45, 2.75) is 19.3 Å². The minimum Gasteiger partial charge on any atom is -0.502 e. The average Bonchev–Trinajstić information content (AvgIpc) is 3.26. The van der Waals surface area contributed by atoms with E-state index in [1.807, 2.05) is 36.4 Å². The molecule has 3 aromatic rings. The molecule has 0 saturated carbocycles. The highest BCUT2D eigenvalue weighted by Crippen LogP contribution is 2.36. The van der Waals surface area contributed by atoms with Gasteiger partial charge < -0.3 is 23.6 Å². The van der Waals surface area contributed by atoms with E-state index in [-0.39, 0.29) is 18.1 Å². The van der Waals surface area contributed by atoms with Crippen molar-refractivity contribution < 1.29 is 23.5 Å². The highest BCUT2D eigenvalue weighted by molar-refractivity contribution is 5.78. The van der Waals surface area contributed by atoms with Gasteiger partial charge in [0.05, 0.1) is 19.1 Å². The number of benzene rings is 1. The summed E-state index contributed by atoms with van der Waals surface area (Å²) in [7, 11) is 0. The summed E-state index contributed by atoms with van der Waals surface area (Å²) in [5.74, 6) is 0.110. The van der Waals surface area contributed by atoms with Gasteiger partial charge in [0.25, 0.3) is 0 Å². The molecule has 2 aromatic heterocycles. The summed E-state index contributed by atoms with van der Waals surface area (Å²) in [6.07, 6.45) is 0.00168. The van der Waals surface area contributed by atoms with Crippen LogP contribution in [0.2, 0.25) is 0 Å². The zero-order chi connectivity index (χ0) is 21.1. The van der Waals surface area contributed by atoms with E-state index in [1.165, 1.54) is 6.07 Å². The van der Waals surface area contributed by atoms with E-state index in [9.17, 15) is 14.7 Å². The number of rotatable bonds is 5. The van der Waals surface area contributed by atoms with Crippen LogP contribution in [0.3, 0.4) is 0 Å². The molecule has 0 spiro atoms. The van der Waals surface area contributed by atoms with Gasteiger partial charge in [-0.15, -0.1) is 0 Å². The van der Waals surface area contributed by atoms with E-state index < -0.39 is 17.1 Å². The largest absolute Gasteiger partial charge is 0.502 e. The predicted octanol–water partition coefficient (Wildman–Crippen LogP) is 3.29. The lowest BCUT2D eigenvalue weighted by molar-refractivity contribution is -0.135. The van der Waals surface area contributed by atoms with Crippen LogP contribution >= 0.6 is 0 Å². The first-order valence-electron chi connectivity index (χ1n) is 9.87. The quantitative estimate of drug-likeness (QED) is 0.695. The number of nitrogens with zero attached hydrogens (tertiary/aromatic N) is 1. The molecule has 4 rings (SSSR count). The number of amides is 1. The molecule has 1 amide bonds. The zero-order valence-corrected chi connectivity index (χ0v) is 16.7. The standard InChI is InChI=1S/C23H23NO6/c1-15-13-18(25)22(27)23(29-15)17(14-21(26)24-9-11-28-12-10-24)20-8-7-19(30-20)16-5-3-2-4-6-16/h2-8,13,17,27H,9-12,14H2,1H3/t17-/m0/s1. The summed E-state index contributed by atoms with van der Waals surface area (Å²) in [4.78, 5) is 26.8. The van der Waals surface area contributed by atoms with E-state index in [2.05, 4.69) is 0 Å². The number of hydrogen-bond acceptors (Lipinski definition) is 6. The average molecular weight is 409 g/mol. The third kappa shape index (κ3) is 4.16. The van der Waals surface area contributed by atoms with Gasteiger partial charge in [-0.25, -0.2) is 0 Å². The van der Waals surface area contributed by atoms with Crippen LogP contribution in [0.25, 0.3) is 11.3 Å². The molecule has 1 saturated heterocycles. The number of furan rings is 1. The van der Waals surface area contributed by atoms with Crippen molar-refractivity contribution in [3.63, 3.8) is 0 Å². The Morgan fingerprint density at radius 1 is 1.10 bits per heavy atom. The second-order valence-corrected chi connectivity index (χ2v) is 7.25. The third-order valence-corrected chi connectivity index (χ3v) is 5.16. The molecule has 1 aliphatic rings. The molecule has 7 nitrogen and oxygen atoms in total. The molecule has 1 fully saturated rings. The highest BCUT2D eigenvalue weighted by atomic mass is 16.5. The number of ether oxygens (including phenoxy) is 1. The van der Waals surface area contributed by atoms with Crippen molar-refractivity contribution >= 4 is 5.91 Å². The summed E-state index contributed by atoms with van der Waals surface area (Å²) in [6.45, 7) is 3.61. The Morgan fingerprint density at radius 3 is 2.57 bits per heavy atom.